The topological polar surface area (TPSA) is 26.3 Å². The maximum Gasteiger partial charge on any atom is 0.200 e. The number of carbonyl (C=O) groups excluding carboxylic acids is 1. The summed E-state index contributed by atoms with van der Waals surface area (Å²) in [6, 6.07) is 0. The van der Waals surface area contributed by atoms with Crippen LogP contribution < -0.4 is 0 Å². The lowest BCUT2D eigenvalue weighted by Gasteiger charge is -2.12. The van der Waals surface area contributed by atoms with E-state index in [4.69, 9.17) is 4.74 Å². The molecule has 59 valence electrons. The molecular formula is C9H11O2. The molecule has 1 aliphatic carbocycles. The highest BCUT2D eigenvalue weighted by Gasteiger charge is 2.03. The number of ether oxygens (including phenoxy) is 1. The minimum absolute atomic E-state index is 0.161. The molecule has 0 amide bonds. The lowest BCUT2D eigenvalue weighted by molar-refractivity contribution is 0.0920. The minimum Gasteiger partial charge on any atom is -0.373 e. The fourth-order valence-electron chi connectivity index (χ4n) is 0.933. The van der Waals surface area contributed by atoms with Crippen molar-refractivity contribution in [1.82, 2.24) is 0 Å². The molecule has 0 bridgehead atoms. The molecule has 1 rings (SSSR count). The fourth-order valence-corrected chi connectivity index (χ4v) is 0.933. The molecule has 1 radical (unpaired) electrons. The third-order valence-corrected chi connectivity index (χ3v) is 1.48. The van der Waals surface area contributed by atoms with Gasteiger partial charge in [0.2, 0.25) is 6.29 Å². The van der Waals surface area contributed by atoms with Gasteiger partial charge in [-0.15, -0.1) is 0 Å². The molecule has 0 heterocycles. The van der Waals surface area contributed by atoms with Gasteiger partial charge < -0.3 is 4.74 Å². The normalized spacial score (nSPS) is 22.0. The molecule has 0 aliphatic heterocycles. The summed E-state index contributed by atoms with van der Waals surface area (Å²) in [7, 11) is 0. The summed E-state index contributed by atoms with van der Waals surface area (Å²) in [6.45, 7) is 0.479. The van der Waals surface area contributed by atoms with Crippen LogP contribution in [0.1, 0.15) is 12.8 Å². The van der Waals surface area contributed by atoms with Gasteiger partial charge in [-0.2, -0.15) is 0 Å². The molecule has 0 fully saturated rings. The zero-order valence-electron chi connectivity index (χ0n) is 6.32. The number of rotatable bonds is 4. The van der Waals surface area contributed by atoms with Gasteiger partial charge in [-0.25, -0.2) is 0 Å². The predicted molar refractivity (Wildman–Crippen MR) is 42.9 cm³/mol. The van der Waals surface area contributed by atoms with Gasteiger partial charge in [0.15, 0.2) is 0 Å². The summed E-state index contributed by atoms with van der Waals surface area (Å²) in [6.07, 6.45) is 11.2. The van der Waals surface area contributed by atoms with E-state index in [1.807, 2.05) is 18.2 Å². The molecule has 0 saturated carbocycles. The molecule has 0 aromatic carbocycles. The van der Waals surface area contributed by atoms with Gasteiger partial charge in [0, 0.05) is 6.42 Å². The molecule has 0 aromatic heterocycles. The van der Waals surface area contributed by atoms with Crippen LogP contribution in [0.25, 0.3) is 0 Å². The Kier molecular flexibility index (Phi) is 3.62. The summed E-state index contributed by atoms with van der Waals surface area (Å²) in [5, 5.41) is 0. The molecule has 11 heavy (non-hydrogen) atoms. The lowest BCUT2D eigenvalue weighted by Crippen LogP contribution is -2.11. The summed E-state index contributed by atoms with van der Waals surface area (Å²) >= 11 is 0. The standard InChI is InChI=1S/C9H11O2/c10-7-4-8-11-9-5-2-1-3-6-9/h1-3,5,9H,4,6,8H2. The second-order valence-electron chi connectivity index (χ2n) is 2.35. The van der Waals surface area contributed by atoms with Crippen LogP contribution in [0.3, 0.4) is 0 Å². The maximum atomic E-state index is 9.81. The minimum atomic E-state index is 0.161. The van der Waals surface area contributed by atoms with E-state index in [0.717, 1.165) is 6.42 Å². The molecule has 1 atom stereocenters. The monoisotopic (exact) mass is 151 g/mol. The Morgan fingerprint density at radius 1 is 1.55 bits per heavy atom. The Morgan fingerprint density at radius 2 is 2.45 bits per heavy atom. The largest absolute Gasteiger partial charge is 0.373 e. The van der Waals surface area contributed by atoms with E-state index in [2.05, 4.69) is 6.08 Å². The van der Waals surface area contributed by atoms with Crippen molar-refractivity contribution >= 4 is 6.29 Å². The lowest BCUT2D eigenvalue weighted by atomic mass is 10.1. The summed E-state index contributed by atoms with van der Waals surface area (Å²) in [5.74, 6) is 0. The first-order valence-electron chi connectivity index (χ1n) is 3.73. The zero-order valence-corrected chi connectivity index (χ0v) is 6.32. The van der Waals surface area contributed by atoms with Crippen LogP contribution in [-0.4, -0.2) is 19.0 Å². The summed E-state index contributed by atoms with van der Waals surface area (Å²) in [4.78, 5) is 9.81. The average molecular weight is 151 g/mol. The van der Waals surface area contributed by atoms with E-state index in [-0.39, 0.29) is 6.10 Å². The second kappa shape index (κ2) is 4.85. The van der Waals surface area contributed by atoms with Gasteiger partial charge in [-0.05, 0) is 6.42 Å². The van der Waals surface area contributed by atoms with Crippen LogP contribution in [-0.2, 0) is 9.53 Å². The molecule has 0 saturated heterocycles. The second-order valence-corrected chi connectivity index (χ2v) is 2.35. The van der Waals surface area contributed by atoms with Crippen molar-refractivity contribution in [2.45, 2.75) is 18.9 Å². The molecule has 2 heteroatoms. The van der Waals surface area contributed by atoms with E-state index in [9.17, 15) is 4.79 Å². The van der Waals surface area contributed by atoms with Crippen LogP contribution in [0.5, 0.6) is 0 Å². The van der Waals surface area contributed by atoms with E-state index in [1.165, 1.54) is 0 Å². The van der Waals surface area contributed by atoms with E-state index in [0.29, 0.717) is 13.0 Å². The van der Waals surface area contributed by atoms with Gasteiger partial charge in [-0.1, -0.05) is 24.3 Å². The van der Waals surface area contributed by atoms with E-state index < -0.39 is 0 Å². The molecule has 2 nitrogen and oxygen atoms in total. The summed E-state index contributed by atoms with van der Waals surface area (Å²) < 4.78 is 5.32. The summed E-state index contributed by atoms with van der Waals surface area (Å²) in [5.41, 5.74) is 0. The molecular weight excluding hydrogens is 140 g/mol. The molecule has 0 aromatic rings. The molecule has 0 N–H and O–H groups in total. The van der Waals surface area contributed by atoms with Gasteiger partial charge in [0.25, 0.3) is 0 Å². The van der Waals surface area contributed by atoms with Gasteiger partial charge >= 0.3 is 0 Å². The van der Waals surface area contributed by atoms with Crippen LogP contribution in [0, 0.1) is 0 Å². The van der Waals surface area contributed by atoms with Crippen molar-refractivity contribution in [3.63, 3.8) is 0 Å². The Hall–Kier alpha value is -0.890. The predicted octanol–water partition coefficient (Wildman–Crippen LogP) is 1.39. The van der Waals surface area contributed by atoms with Crippen LogP contribution in [0.15, 0.2) is 24.3 Å². The van der Waals surface area contributed by atoms with E-state index >= 15 is 0 Å². The van der Waals surface area contributed by atoms with Crippen molar-refractivity contribution in [2.24, 2.45) is 0 Å². The molecule has 1 aliphatic rings. The maximum absolute atomic E-state index is 9.81. The SMILES string of the molecule is O=[C]CCOC1C=CC=CC1. The first-order valence-corrected chi connectivity index (χ1v) is 3.73. The van der Waals surface area contributed by atoms with Crippen LogP contribution in [0.4, 0.5) is 0 Å². The Labute approximate surface area is 66.5 Å². The van der Waals surface area contributed by atoms with Crippen molar-refractivity contribution in [3.05, 3.63) is 24.3 Å². The van der Waals surface area contributed by atoms with E-state index in [1.54, 1.807) is 6.29 Å². The van der Waals surface area contributed by atoms with Gasteiger partial charge in [0.05, 0.1) is 12.7 Å². The fraction of sp³-hybridized carbons (Fsp3) is 0.444. The first-order chi connectivity index (χ1) is 5.43. The molecule has 0 spiro atoms. The first kappa shape index (κ1) is 8.21. The quantitative estimate of drug-likeness (QED) is 0.567. The van der Waals surface area contributed by atoms with Gasteiger partial charge in [0.1, 0.15) is 0 Å². The third-order valence-electron chi connectivity index (χ3n) is 1.48. The van der Waals surface area contributed by atoms with Crippen molar-refractivity contribution in [1.29, 1.82) is 0 Å². The number of allylic oxidation sites excluding steroid dienone is 2. The number of hydrogen-bond acceptors (Lipinski definition) is 2. The highest BCUT2D eigenvalue weighted by molar-refractivity contribution is 5.50. The smallest absolute Gasteiger partial charge is 0.200 e. The highest BCUT2D eigenvalue weighted by atomic mass is 16.5. The Morgan fingerprint density at radius 3 is 3.09 bits per heavy atom. The van der Waals surface area contributed by atoms with Crippen LogP contribution in [0.2, 0.25) is 0 Å². The van der Waals surface area contributed by atoms with Gasteiger partial charge in [-0.3, -0.25) is 4.79 Å². The van der Waals surface area contributed by atoms with Crippen molar-refractivity contribution in [3.8, 4) is 0 Å². The number of hydrogen-bond donors (Lipinski definition) is 0. The van der Waals surface area contributed by atoms with Crippen molar-refractivity contribution in [2.75, 3.05) is 6.61 Å². The molecule has 1 unspecified atom stereocenters. The Bertz CT molecular complexity index is 170. The highest BCUT2D eigenvalue weighted by Crippen LogP contribution is 2.06. The van der Waals surface area contributed by atoms with Crippen molar-refractivity contribution < 1.29 is 9.53 Å². The van der Waals surface area contributed by atoms with Crippen LogP contribution >= 0.6 is 0 Å². The average Bonchev–Trinajstić information content (AvgIpc) is 2.07. The zero-order chi connectivity index (χ0) is 7.94. The third kappa shape index (κ3) is 3.14. The Balaban J connectivity index is 2.12.